The van der Waals surface area contributed by atoms with Gasteiger partial charge in [-0.1, -0.05) is 26.0 Å². The van der Waals surface area contributed by atoms with Gasteiger partial charge in [0.05, 0.1) is 12.2 Å². The number of pyridine rings is 2. The van der Waals surface area contributed by atoms with Crippen molar-refractivity contribution < 1.29 is 0 Å². The highest BCUT2D eigenvalue weighted by Crippen LogP contribution is 2.14. The molecule has 4 nitrogen and oxygen atoms in total. The van der Waals surface area contributed by atoms with Crippen LogP contribution in [0.3, 0.4) is 0 Å². The molecule has 0 saturated carbocycles. The minimum absolute atomic E-state index is 0.487. The summed E-state index contributed by atoms with van der Waals surface area (Å²) in [7, 11) is 0. The molecule has 0 aliphatic rings. The van der Waals surface area contributed by atoms with Gasteiger partial charge in [-0.15, -0.1) is 0 Å². The molecule has 2 rings (SSSR count). The molecule has 0 atom stereocenters. The first-order valence-corrected chi connectivity index (χ1v) is 7.52. The molecule has 0 aliphatic carbocycles. The fourth-order valence-electron chi connectivity index (χ4n) is 2.07. The minimum Gasteiger partial charge on any atom is -0.351 e. The zero-order chi connectivity index (χ0) is 15.1. The number of nitrogens with zero attached hydrogens (tertiary/aromatic N) is 3. The van der Waals surface area contributed by atoms with Crippen molar-refractivity contribution in [2.24, 2.45) is 0 Å². The van der Waals surface area contributed by atoms with Gasteiger partial charge in [-0.3, -0.25) is 4.98 Å². The molecule has 2 aromatic heterocycles. The summed E-state index contributed by atoms with van der Waals surface area (Å²) in [4.78, 5) is 11.2. The molecule has 4 heteroatoms. The van der Waals surface area contributed by atoms with Crippen LogP contribution in [0.15, 0.2) is 42.7 Å². The summed E-state index contributed by atoms with van der Waals surface area (Å²) in [6, 6.07) is 10.7. The van der Waals surface area contributed by atoms with Crippen molar-refractivity contribution in [1.29, 1.82) is 0 Å². The van der Waals surface area contributed by atoms with Gasteiger partial charge in [0.1, 0.15) is 5.82 Å². The number of aromatic nitrogens is 2. The van der Waals surface area contributed by atoms with Crippen LogP contribution in [0.4, 0.5) is 5.82 Å². The predicted molar refractivity (Wildman–Crippen MR) is 87.2 cm³/mol. The van der Waals surface area contributed by atoms with Crippen molar-refractivity contribution in [1.82, 2.24) is 15.3 Å². The van der Waals surface area contributed by atoms with E-state index < -0.39 is 0 Å². The van der Waals surface area contributed by atoms with Crippen LogP contribution in [0.25, 0.3) is 0 Å². The quantitative estimate of drug-likeness (QED) is 0.848. The Hall–Kier alpha value is -1.94. The van der Waals surface area contributed by atoms with Gasteiger partial charge in [-0.05, 0) is 30.7 Å². The Balaban J connectivity index is 2.01. The Labute approximate surface area is 127 Å². The molecule has 0 fully saturated rings. The van der Waals surface area contributed by atoms with E-state index in [4.69, 9.17) is 0 Å². The molecule has 0 aromatic carbocycles. The zero-order valence-corrected chi connectivity index (χ0v) is 13.1. The third-order valence-electron chi connectivity index (χ3n) is 3.31. The summed E-state index contributed by atoms with van der Waals surface area (Å²) in [6.45, 7) is 8.98. The average molecular weight is 284 g/mol. The first-order valence-electron chi connectivity index (χ1n) is 7.52. The highest BCUT2D eigenvalue weighted by atomic mass is 15.2. The molecule has 112 valence electrons. The van der Waals surface area contributed by atoms with Crippen LogP contribution >= 0.6 is 0 Å². The molecule has 0 aliphatic heterocycles. The van der Waals surface area contributed by atoms with Gasteiger partial charge in [-0.2, -0.15) is 0 Å². The maximum Gasteiger partial charge on any atom is 0.128 e. The van der Waals surface area contributed by atoms with Gasteiger partial charge >= 0.3 is 0 Å². The van der Waals surface area contributed by atoms with Crippen molar-refractivity contribution in [3.05, 3.63) is 54.0 Å². The standard InChI is InChI=1S/C17H24N4/c1-4-21(13-16-7-5-6-10-18-16)17-9-8-15(12-20-17)11-19-14(2)3/h5-10,12,14,19H,4,11,13H2,1-3H3. The number of rotatable bonds is 7. The van der Waals surface area contributed by atoms with Crippen LogP contribution in [0.1, 0.15) is 32.0 Å². The molecule has 0 radical (unpaired) electrons. The molecule has 21 heavy (non-hydrogen) atoms. The average Bonchev–Trinajstić information content (AvgIpc) is 2.52. The van der Waals surface area contributed by atoms with E-state index in [1.54, 1.807) is 0 Å². The van der Waals surface area contributed by atoms with Crippen molar-refractivity contribution in [3.8, 4) is 0 Å². The van der Waals surface area contributed by atoms with Crippen molar-refractivity contribution in [2.45, 2.75) is 39.9 Å². The summed E-state index contributed by atoms with van der Waals surface area (Å²) in [5.74, 6) is 0.997. The van der Waals surface area contributed by atoms with Crippen LogP contribution < -0.4 is 10.2 Å². The van der Waals surface area contributed by atoms with Crippen molar-refractivity contribution >= 4 is 5.82 Å². The molecule has 0 amide bonds. The van der Waals surface area contributed by atoms with Gasteiger partial charge in [-0.25, -0.2) is 4.98 Å². The van der Waals surface area contributed by atoms with Crippen molar-refractivity contribution in [3.63, 3.8) is 0 Å². The summed E-state index contributed by atoms with van der Waals surface area (Å²) < 4.78 is 0. The number of hydrogen-bond donors (Lipinski definition) is 1. The van der Waals surface area contributed by atoms with E-state index in [0.29, 0.717) is 6.04 Å². The fourth-order valence-corrected chi connectivity index (χ4v) is 2.07. The number of anilines is 1. The largest absolute Gasteiger partial charge is 0.351 e. The topological polar surface area (TPSA) is 41.1 Å². The van der Waals surface area contributed by atoms with Crippen molar-refractivity contribution in [2.75, 3.05) is 11.4 Å². The Bertz CT molecular complexity index is 522. The summed E-state index contributed by atoms with van der Waals surface area (Å²) in [6.07, 6.45) is 3.78. The summed E-state index contributed by atoms with van der Waals surface area (Å²) in [5, 5.41) is 3.40. The van der Waals surface area contributed by atoms with Crippen LogP contribution in [-0.2, 0) is 13.1 Å². The van der Waals surface area contributed by atoms with Gasteiger partial charge < -0.3 is 10.2 Å². The van der Waals surface area contributed by atoms with E-state index in [1.807, 2.05) is 30.6 Å². The lowest BCUT2D eigenvalue weighted by molar-refractivity contribution is 0.588. The minimum atomic E-state index is 0.487. The van der Waals surface area contributed by atoms with Crippen LogP contribution in [0.2, 0.25) is 0 Å². The van der Waals surface area contributed by atoms with Gasteiger partial charge in [0, 0.05) is 31.5 Å². The molecular formula is C17H24N4. The molecule has 0 bridgehead atoms. The summed E-state index contributed by atoms with van der Waals surface area (Å²) in [5.41, 5.74) is 2.27. The van der Waals surface area contributed by atoms with Gasteiger partial charge in [0.15, 0.2) is 0 Å². The Morgan fingerprint density at radius 3 is 2.57 bits per heavy atom. The second kappa shape index (κ2) is 7.74. The molecule has 0 spiro atoms. The highest BCUT2D eigenvalue weighted by Gasteiger charge is 2.07. The lowest BCUT2D eigenvalue weighted by atomic mass is 10.2. The van der Waals surface area contributed by atoms with E-state index >= 15 is 0 Å². The zero-order valence-electron chi connectivity index (χ0n) is 13.1. The molecule has 2 heterocycles. The lowest BCUT2D eigenvalue weighted by Crippen LogP contribution is -2.24. The summed E-state index contributed by atoms with van der Waals surface area (Å²) >= 11 is 0. The number of nitrogens with one attached hydrogen (secondary N) is 1. The second-order valence-corrected chi connectivity index (χ2v) is 5.40. The Morgan fingerprint density at radius 1 is 1.14 bits per heavy atom. The first kappa shape index (κ1) is 15.4. The first-order chi connectivity index (χ1) is 10.2. The van der Waals surface area contributed by atoms with E-state index in [1.165, 1.54) is 5.56 Å². The monoisotopic (exact) mass is 284 g/mol. The van der Waals surface area contributed by atoms with Crippen LogP contribution in [-0.4, -0.2) is 22.6 Å². The Kier molecular flexibility index (Phi) is 5.69. The maximum atomic E-state index is 4.58. The third kappa shape index (κ3) is 4.83. The molecular weight excluding hydrogens is 260 g/mol. The van der Waals surface area contributed by atoms with Crippen LogP contribution in [0.5, 0.6) is 0 Å². The SMILES string of the molecule is CCN(Cc1ccccn1)c1ccc(CNC(C)C)cn1. The maximum absolute atomic E-state index is 4.58. The highest BCUT2D eigenvalue weighted by molar-refractivity contribution is 5.39. The van der Waals surface area contributed by atoms with E-state index in [9.17, 15) is 0 Å². The van der Waals surface area contributed by atoms with E-state index in [0.717, 1.165) is 31.1 Å². The molecule has 1 N–H and O–H groups in total. The molecule has 0 saturated heterocycles. The van der Waals surface area contributed by atoms with Gasteiger partial charge in [0.2, 0.25) is 0 Å². The fraction of sp³-hybridized carbons (Fsp3) is 0.412. The van der Waals surface area contributed by atoms with Crippen LogP contribution in [0, 0.1) is 0 Å². The molecule has 2 aromatic rings. The lowest BCUT2D eigenvalue weighted by Gasteiger charge is -2.21. The van der Waals surface area contributed by atoms with Gasteiger partial charge in [0.25, 0.3) is 0 Å². The number of hydrogen-bond acceptors (Lipinski definition) is 4. The molecule has 0 unspecified atom stereocenters. The smallest absolute Gasteiger partial charge is 0.128 e. The third-order valence-corrected chi connectivity index (χ3v) is 3.31. The predicted octanol–water partition coefficient (Wildman–Crippen LogP) is 3.00. The second-order valence-electron chi connectivity index (χ2n) is 5.40. The van der Waals surface area contributed by atoms with E-state index in [2.05, 4.69) is 53.1 Å². The van der Waals surface area contributed by atoms with E-state index in [-0.39, 0.29) is 0 Å². The Morgan fingerprint density at radius 2 is 2.00 bits per heavy atom. The normalized spacial score (nSPS) is 10.9.